The summed E-state index contributed by atoms with van der Waals surface area (Å²) in [6, 6.07) is 1.71. The lowest BCUT2D eigenvalue weighted by atomic mass is 9.94. The van der Waals surface area contributed by atoms with Gasteiger partial charge in [-0.25, -0.2) is 9.50 Å². The van der Waals surface area contributed by atoms with Gasteiger partial charge in [-0.15, -0.1) is 11.3 Å². The van der Waals surface area contributed by atoms with Crippen LogP contribution < -0.4 is 10.9 Å². The van der Waals surface area contributed by atoms with Crippen LogP contribution in [0.4, 0.5) is 0 Å². The third-order valence-electron chi connectivity index (χ3n) is 4.68. The van der Waals surface area contributed by atoms with E-state index < -0.39 is 0 Å². The van der Waals surface area contributed by atoms with E-state index in [9.17, 15) is 4.79 Å². The number of fused-ring (bicyclic) bond motifs is 1. The summed E-state index contributed by atoms with van der Waals surface area (Å²) in [5.41, 5.74) is 3.71. The Morgan fingerprint density at radius 2 is 2.04 bits per heavy atom. The highest BCUT2D eigenvalue weighted by molar-refractivity contribution is 7.15. The first kappa shape index (κ1) is 18.8. The number of rotatable bonds is 3. The van der Waals surface area contributed by atoms with Crippen LogP contribution in [-0.2, 0) is 6.42 Å². The molecule has 1 aliphatic rings. The second-order valence-electron chi connectivity index (χ2n) is 6.28. The molecule has 0 atom stereocenters. The Bertz CT molecular complexity index is 933. The van der Waals surface area contributed by atoms with Gasteiger partial charge in [0.15, 0.2) is 0 Å². The molecule has 0 unspecified atom stereocenters. The molecular formula is C19H27N5OS. The van der Waals surface area contributed by atoms with Gasteiger partial charge in [0.25, 0.3) is 5.56 Å². The van der Waals surface area contributed by atoms with E-state index in [0.717, 1.165) is 64.8 Å². The van der Waals surface area contributed by atoms with Gasteiger partial charge in [0, 0.05) is 12.0 Å². The molecule has 1 aliphatic heterocycles. The largest absolute Gasteiger partial charge is 0.317 e. The summed E-state index contributed by atoms with van der Waals surface area (Å²) < 4.78 is 1.91. The molecule has 0 radical (unpaired) electrons. The SMILES string of the molecule is CC.CCc1nc(C)c(-c2cnn3c(C4CCNCC4)cc(=O)[nH]c23)s1. The maximum Gasteiger partial charge on any atom is 0.251 e. The first-order valence-electron chi connectivity index (χ1n) is 9.45. The van der Waals surface area contributed by atoms with Crippen molar-refractivity contribution >= 4 is 17.0 Å². The average molecular weight is 374 g/mol. The minimum absolute atomic E-state index is 0.0596. The summed E-state index contributed by atoms with van der Waals surface area (Å²) >= 11 is 1.68. The number of H-pyrrole nitrogens is 1. The zero-order valence-electron chi connectivity index (χ0n) is 15.9. The maximum atomic E-state index is 12.3. The molecule has 0 bridgehead atoms. The highest BCUT2D eigenvalue weighted by atomic mass is 32.1. The summed E-state index contributed by atoms with van der Waals surface area (Å²) in [7, 11) is 0. The number of thiazole rings is 1. The zero-order chi connectivity index (χ0) is 18.7. The lowest BCUT2D eigenvalue weighted by Gasteiger charge is -2.23. The monoisotopic (exact) mass is 373 g/mol. The van der Waals surface area contributed by atoms with Gasteiger partial charge in [-0.1, -0.05) is 20.8 Å². The van der Waals surface area contributed by atoms with Gasteiger partial charge in [0.05, 0.1) is 33.0 Å². The Hall–Kier alpha value is -1.99. The quantitative estimate of drug-likeness (QED) is 0.737. The number of aromatic nitrogens is 4. The standard InChI is InChI=1S/C17H21N5OS.C2H6/c1-3-15-20-10(2)16(24-15)12-9-19-22-13(8-14(23)21-17(12)22)11-4-6-18-7-5-11;1-2/h8-9,11,18H,3-7H2,1-2H3,(H,21,23);1-2H3. The molecule has 2 N–H and O–H groups in total. The minimum Gasteiger partial charge on any atom is -0.317 e. The van der Waals surface area contributed by atoms with Crippen LogP contribution in [0.1, 0.15) is 55.9 Å². The van der Waals surface area contributed by atoms with Crippen molar-refractivity contribution in [3.63, 3.8) is 0 Å². The van der Waals surface area contributed by atoms with Gasteiger partial charge in [-0.2, -0.15) is 5.10 Å². The van der Waals surface area contributed by atoms with Gasteiger partial charge in [-0.3, -0.25) is 4.79 Å². The van der Waals surface area contributed by atoms with Gasteiger partial charge in [0.1, 0.15) is 5.65 Å². The summed E-state index contributed by atoms with van der Waals surface area (Å²) in [5, 5.41) is 9.08. The number of nitrogens with one attached hydrogen (secondary N) is 2. The zero-order valence-corrected chi connectivity index (χ0v) is 16.7. The fraction of sp³-hybridized carbons (Fsp3) is 0.526. The molecule has 6 nitrogen and oxygen atoms in total. The number of aryl methyl sites for hydroxylation is 2. The normalized spacial score (nSPS) is 15.1. The Morgan fingerprint density at radius 3 is 2.69 bits per heavy atom. The smallest absolute Gasteiger partial charge is 0.251 e. The van der Waals surface area contributed by atoms with Crippen LogP contribution in [-0.4, -0.2) is 32.7 Å². The lowest BCUT2D eigenvalue weighted by molar-refractivity contribution is 0.446. The van der Waals surface area contributed by atoms with Crippen LogP contribution in [0, 0.1) is 6.92 Å². The molecule has 140 valence electrons. The van der Waals surface area contributed by atoms with E-state index in [2.05, 4.69) is 27.3 Å². The van der Waals surface area contributed by atoms with Crippen molar-refractivity contribution in [2.24, 2.45) is 0 Å². The Morgan fingerprint density at radius 1 is 1.31 bits per heavy atom. The summed E-state index contributed by atoms with van der Waals surface area (Å²) in [6.07, 6.45) is 4.85. The van der Waals surface area contributed by atoms with Crippen molar-refractivity contribution in [2.45, 2.75) is 52.9 Å². The van der Waals surface area contributed by atoms with Crippen molar-refractivity contribution < 1.29 is 0 Å². The predicted molar refractivity (Wildman–Crippen MR) is 107 cm³/mol. The molecule has 4 rings (SSSR count). The average Bonchev–Trinajstić information content (AvgIpc) is 3.26. The molecule has 4 heterocycles. The van der Waals surface area contributed by atoms with E-state index in [1.807, 2.05) is 31.5 Å². The molecule has 0 aromatic carbocycles. The van der Waals surface area contributed by atoms with E-state index >= 15 is 0 Å². The van der Waals surface area contributed by atoms with E-state index in [0.29, 0.717) is 5.92 Å². The summed E-state index contributed by atoms with van der Waals surface area (Å²) in [4.78, 5) is 20.9. The van der Waals surface area contributed by atoms with Gasteiger partial charge in [0.2, 0.25) is 0 Å². The number of nitrogens with zero attached hydrogens (tertiary/aromatic N) is 3. The molecule has 0 aliphatic carbocycles. The van der Waals surface area contributed by atoms with Crippen molar-refractivity contribution in [1.82, 2.24) is 24.9 Å². The van der Waals surface area contributed by atoms with Gasteiger partial charge >= 0.3 is 0 Å². The highest BCUT2D eigenvalue weighted by Crippen LogP contribution is 2.33. The van der Waals surface area contributed by atoms with Crippen molar-refractivity contribution in [2.75, 3.05) is 13.1 Å². The van der Waals surface area contributed by atoms with Crippen molar-refractivity contribution in [3.05, 3.63) is 39.0 Å². The molecule has 7 heteroatoms. The van der Waals surface area contributed by atoms with Crippen LogP contribution >= 0.6 is 11.3 Å². The third-order valence-corrected chi connectivity index (χ3v) is 6.01. The van der Waals surface area contributed by atoms with Crippen LogP contribution in [0.5, 0.6) is 0 Å². The molecule has 0 saturated carbocycles. The van der Waals surface area contributed by atoms with Crippen molar-refractivity contribution in [1.29, 1.82) is 0 Å². The predicted octanol–water partition coefficient (Wildman–Crippen LogP) is 3.51. The molecule has 1 fully saturated rings. The van der Waals surface area contributed by atoms with Crippen LogP contribution in [0.2, 0.25) is 0 Å². The molecule has 3 aromatic heterocycles. The minimum atomic E-state index is -0.0596. The second-order valence-corrected chi connectivity index (χ2v) is 7.36. The van der Waals surface area contributed by atoms with E-state index in [1.54, 1.807) is 17.4 Å². The highest BCUT2D eigenvalue weighted by Gasteiger charge is 2.22. The fourth-order valence-electron chi connectivity index (χ4n) is 3.44. The number of aromatic amines is 1. The van der Waals surface area contributed by atoms with E-state index in [1.165, 1.54) is 0 Å². The lowest BCUT2D eigenvalue weighted by Crippen LogP contribution is -2.28. The van der Waals surface area contributed by atoms with E-state index in [4.69, 9.17) is 0 Å². The fourth-order valence-corrected chi connectivity index (χ4v) is 4.46. The summed E-state index contributed by atoms with van der Waals surface area (Å²) in [5.74, 6) is 0.373. The van der Waals surface area contributed by atoms with Crippen LogP contribution in [0.25, 0.3) is 16.1 Å². The number of hydrogen-bond acceptors (Lipinski definition) is 5. The number of piperidine rings is 1. The first-order valence-corrected chi connectivity index (χ1v) is 10.3. The topological polar surface area (TPSA) is 75.1 Å². The molecule has 0 amide bonds. The van der Waals surface area contributed by atoms with Gasteiger partial charge < -0.3 is 10.3 Å². The second kappa shape index (κ2) is 8.14. The molecular weight excluding hydrogens is 346 g/mol. The Kier molecular flexibility index (Phi) is 5.88. The number of hydrogen-bond donors (Lipinski definition) is 2. The van der Waals surface area contributed by atoms with Crippen molar-refractivity contribution in [3.8, 4) is 10.4 Å². The molecule has 0 spiro atoms. The van der Waals surface area contributed by atoms with E-state index in [-0.39, 0.29) is 5.56 Å². The Balaban J connectivity index is 0.000000948. The summed E-state index contributed by atoms with van der Waals surface area (Å²) in [6.45, 7) is 10.1. The van der Waals surface area contributed by atoms with Gasteiger partial charge in [-0.05, 0) is 39.3 Å². The first-order chi connectivity index (χ1) is 12.7. The Labute approximate surface area is 157 Å². The molecule has 26 heavy (non-hydrogen) atoms. The third kappa shape index (κ3) is 3.46. The molecule has 1 saturated heterocycles. The van der Waals surface area contributed by atoms with Crippen LogP contribution in [0.3, 0.4) is 0 Å². The maximum absolute atomic E-state index is 12.3. The van der Waals surface area contributed by atoms with Crippen LogP contribution in [0.15, 0.2) is 17.1 Å². The molecule has 3 aromatic rings.